The summed E-state index contributed by atoms with van der Waals surface area (Å²) in [4.78, 5) is 0. The van der Waals surface area contributed by atoms with Crippen LogP contribution >= 0.6 is 0 Å². The number of rotatable bonds is 7. The topological polar surface area (TPSA) is 63.7 Å². The van der Waals surface area contributed by atoms with Crippen molar-refractivity contribution in [1.29, 1.82) is 5.26 Å². The standard InChI is InChI=1S/C18H22N4O/c1-2-14-7-9-16(10-8-14)23-12-4-11-22-18(15-5-3-6-15)17(13-19)20-21-22/h7-10,15H,2-6,11-12H2,1H3. The molecule has 0 atom stereocenters. The van der Waals surface area contributed by atoms with Crippen LogP contribution in [-0.2, 0) is 13.0 Å². The van der Waals surface area contributed by atoms with Crippen molar-refractivity contribution in [3.05, 3.63) is 41.2 Å². The van der Waals surface area contributed by atoms with E-state index in [0.717, 1.165) is 43.7 Å². The molecule has 5 heteroatoms. The van der Waals surface area contributed by atoms with E-state index in [4.69, 9.17) is 4.74 Å². The Hall–Kier alpha value is -2.35. The third-order valence-corrected chi connectivity index (χ3v) is 4.49. The zero-order valence-electron chi connectivity index (χ0n) is 13.5. The number of aromatic nitrogens is 3. The van der Waals surface area contributed by atoms with Gasteiger partial charge >= 0.3 is 0 Å². The molecule has 0 N–H and O–H groups in total. The molecule has 0 unspecified atom stereocenters. The van der Waals surface area contributed by atoms with Crippen LogP contribution in [0.4, 0.5) is 0 Å². The number of nitriles is 1. The van der Waals surface area contributed by atoms with Crippen LogP contribution < -0.4 is 4.74 Å². The van der Waals surface area contributed by atoms with Crippen molar-refractivity contribution in [1.82, 2.24) is 15.0 Å². The summed E-state index contributed by atoms with van der Waals surface area (Å²) in [5, 5.41) is 17.3. The van der Waals surface area contributed by atoms with Gasteiger partial charge in [-0.1, -0.05) is 30.7 Å². The van der Waals surface area contributed by atoms with Crippen LogP contribution in [0.25, 0.3) is 0 Å². The molecule has 23 heavy (non-hydrogen) atoms. The van der Waals surface area contributed by atoms with Gasteiger partial charge in [0.1, 0.15) is 11.8 Å². The maximum atomic E-state index is 9.17. The summed E-state index contributed by atoms with van der Waals surface area (Å²) in [6.07, 6.45) is 5.41. The van der Waals surface area contributed by atoms with Crippen LogP contribution in [0.5, 0.6) is 5.75 Å². The van der Waals surface area contributed by atoms with Crippen molar-refractivity contribution >= 4 is 0 Å². The summed E-state index contributed by atoms with van der Waals surface area (Å²) in [5.74, 6) is 1.36. The van der Waals surface area contributed by atoms with Crippen molar-refractivity contribution in [3.63, 3.8) is 0 Å². The molecule has 1 aromatic heterocycles. The zero-order valence-corrected chi connectivity index (χ0v) is 13.5. The van der Waals surface area contributed by atoms with E-state index < -0.39 is 0 Å². The van der Waals surface area contributed by atoms with Gasteiger partial charge in [0, 0.05) is 18.9 Å². The predicted molar refractivity (Wildman–Crippen MR) is 87.3 cm³/mol. The molecule has 0 bridgehead atoms. The minimum absolute atomic E-state index is 0.460. The fourth-order valence-corrected chi connectivity index (χ4v) is 2.88. The molecule has 0 aliphatic heterocycles. The first-order valence-electron chi connectivity index (χ1n) is 8.37. The Balaban J connectivity index is 1.52. The number of aryl methyl sites for hydroxylation is 2. The van der Waals surface area contributed by atoms with Gasteiger partial charge in [0.15, 0.2) is 5.69 Å². The normalized spacial score (nSPS) is 14.3. The van der Waals surface area contributed by atoms with E-state index in [1.165, 1.54) is 12.0 Å². The second-order valence-electron chi connectivity index (χ2n) is 5.99. The molecule has 0 radical (unpaired) electrons. The van der Waals surface area contributed by atoms with Gasteiger partial charge < -0.3 is 4.74 Å². The van der Waals surface area contributed by atoms with Gasteiger partial charge in [0.2, 0.25) is 0 Å². The van der Waals surface area contributed by atoms with Crippen molar-refractivity contribution in [2.75, 3.05) is 6.61 Å². The molecule has 1 saturated carbocycles. The van der Waals surface area contributed by atoms with E-state index in [1.54, 1.807) is 0 Å². The molecule has 0 spiro atoms. The Labute approximate surface area is 136 Å². The van der Waals surface area contributed by atoms with Crippen molar-refractivity contribution in [3.8, 4) is 11.8 Å². The zero-order chi connectivity index (χ0) is 16.1. The van der Waals surface area contributed by atoms with Gasteiger partial charge in [0.05, 0.1) is 12.3 Å². The van der Waals surface area contributed by atoms with Crippen LogP contribution in [0.3, 0.4) is 0 Å². The van der Waals surface area contributed by atoms with Crippen LogP contribution in [0.1, 0.15) is 55.5 Å². The van der Waals surface area contributed by atoms with Gasteiger partial charge in [0.25, 0.3) is 0 Å². The minimum Gasteiger partial charge on any atom is -0.494 e. The van der Waals surface area contributed by atoms with Crippen molar-refractivity contribution in [2.24, 2.45) is 0 Å². The van der Waals surface area contributed by atoms with Crippen molar-refractivity contribution in [2.45, 2.75) is 51.5 Å². The maximum Gasteiger partial charge on any atom is 0.186 e. The predicted octanol–water partition coefficient (Wildman–Crippen LogP) is 3.45. The number of nitrogens with zero attached hydrogens (tertiary/aromatic N) is 4. The third-order valence-electron chi connectivity index (χ3n) is 4.49. The van der Waals surface area contributed by atoms with E-state index in [2.05, 4.69) is 35.4 Å². The summed E-state index contributed by atoms with van der Waals surface area (Å²) in [6.45, 7) is 3.52. The Morgan fingerprint density at radius 3 is 2.70 bits per heavy atom. The molecule has 1 aromatic carbocycles. The highest BCUT2D eigenvalue weighted by Crippen LogP contribution is 2.37. The Morgan fingerprint density at radius 2 is 2.09 bits per heavy atom. The monoisotopic (exact) mass is 310 g/mol. The van der Waals surface area contributed by atoms with Crippen molar-refractivity contribution < 1.29 is 4.74 Å². The lowest BCUT2D eigenvalue weighted by Crippen LogP contribution is -2.17. The fraction of sp³-hybridized carbons (Fsp3) is 0.500. The molecule has 0 amide bonds. The first-order valence-corrected chi connectivity index (χ1v) is 8.37. The molecule has 0 saturated heterocycles. The lowest BCUT2D eigenvalue weighted by molar-refractivity contribution is 0.293. The smallest absolute Gasteiger partial charge is 0.186 e. The van der Waals surface area contributed by atoms with Gasteiger partial charge in [-0.3, -0.25) is 0 Å². The highest BCUT2D eigenvalue weighted by molar-refractivity contribution is 5.29. The van der Waals surface area contributed by atoms with E-state index in [0.29, 0.717) is 18.2 Å². The average molecular weight is 310 g/mol. The quantitative estimate of drug-likeness (QED) is 0.735. The van der Waals surface area contributed by atoms with Gasteiger partial charge in [-0.2, -0.15) is 5.26 Å². The number of hydrogen-bond donors (Lipinski definition) is 0. The summed E-state index contributed by atoms with van der Waals surface area (Å²) >= 11 is 0. The van der Waals surface area contributed by atoms with Crippen LogP contribution in [0.15, 0.2) is 24.3 Å². The van der Waals surface area contributed by atoms with E-state index in [9.17, 15) is 5.26 Å². The molecule has 5 nitrogen and oxygen atoms in total. The van der Waals surface area contributed by atoms with E-state index >= 15 is 0 Å². The first kappa shape index (κ1) is 15.5. The molecule has 1 aliphatic carbocycles. The van der Waals surface area contributed by atoms with Gasteiger partial charge in [-0.15, -0.1) is 5.10 Å². The molecule has 120 valence electrons. The average Bonchev–Trinajstić information content (AvgIpc) is 2.93. The lowest BCUT2D eigenvalue weighted by atomic mass is 9.82. The summed E-state index contributed by atoms with van der Waals surface area (Å²) in [7, 11) is 0. The van der Waals surface area contributed by atoms with E-state index in [1.807, 2.05) is 16.8 Å². The molecular formula is C18H22N4O. The highest BCUT2D eigenvalue weighted by Gasteiger charge is 2.27. The van der Waals surface area contributed by atoms with E-state index in [-0.39, 0.29) is 0 Å². The van der Waals surface area contributed by atoms with Crippen LogP contribution in [-0.4, -0.2) is 21.6 Å². The van der Waals surface area contributed by atoms with Gasteiger partial charge in [-0.25, -0.2) is 4.68 Å². The number of benzene rings is 1. The summed E-state index contributed by atoms with van der Waals surface area (Å²) in [5.41, 5.74) is 2.82. The second kappa shape index (κ2) is 7.28. The second-order valence-corrected chi connectivity index (χ2v) is 5.99. The number of ether oxygens (including phenoxy) is 1. The Morgan fingerprint density at radius 1 is 1.30 bits per heavy atom. The molecule has 1 heterocycles. The lowest BCUT2D eigenvalue weighted by Gasteiger charge is -2.25. The highest BCUT2D eigenvalue weighted by atomic mass is 16.5. The maximum absolute atomic E-state index is 9.17. The molecule has 1 aliphatic rings. The molecular weight excluding hydrogens is 288 g/mol. The largest absolute Gasteiger partial charge is 0.494 e. The Bertz CT molecular complexity index is 680. The number of hydrogen-bond acceptors (Lipinski definition) is 4. The molecule has 1 fully saturated rings. The minimum atomic E-state index is 0.460. The summed E-state index contributed by atoms with van der Waals surface area (Å²) in [6, 6.07) is 10.4. The third kappa shape index (κ3) is 3.53. The van der Waals surface area contributed by atoms with Crippen LogP contribution in [0.2, 0.25) is 0 Å². The van der Waals surface area contributed by atoms with Gasteiger partial charge in [-0.05, 0) is 37.0 Å². The molecule has 2 aromatic rings. The SMILES string of the molecule is CCc1ccc(OCCCn2nnc(C#N)c2C2CCC2)cc1. The Kier molecular flexibility index (Phi) is 4.92. The molecule has 3 rings (SSSR count). The summed E-state index contributed by atoms with van der Waals surface area (Å²) < 4.78 is 7.67. The van der Waals surface area contributed by atoms with Crippen LogP contribution in [0, 0.1) is 11.3 Å². The first-order chi connectivity index (χ1) is 11.3. The fourth-order valence-electron chi connectivity index (χ4n) is 2.88.